The molecule has 1 fully saturated rings. The summed E-state index contributed by atoms with van der Waals surface area (Å²) < 4.78 is 0. The predicted molar refractivity (Wildman–Crippen MR) is 84.3 cm³/mol. The highest BCUT2D eigenvalue weighted by Gasteiger charge is 2.31. The van der Waals surface area contributed by atoms with E-state index >= 15 is 0 Å². The molecule has 1 aromatic carbocycles. The Hall–Kier alpha value is -2.20. The predicted octanol–water partition coefficient (Wildman–Crippen LogP) is 2.81. The van der Waals surface area contributed by atoms with Crippen LogP contribution in [0.2, 0.25) is 0 Å². The van der Waals surface area contributed by atoms with Crippen molar-refractivity contribution in [2.45, 2.75) is 31.4 Å². The maximum atomic E-state index is 12.6. The van der Waals surface area contributed by atoms with Crippen LogP contribution in [0.15, 0.2) is 54.9 Å². The molecule has 2 aromatic rings. The summed E-state index contributed by atoms with van der Waals surface area (Å²) in [6, 6.07) is 13.2. The number of carbonyl (C=O) groups is 1. The molecule has 1 N–H and O–H groups in total. The van der Waals surface area contributed by atoms with E-state index in [4.69, 9.17) is 0 Å². The molecule has 0 saturated carbocycles. The van der Waals surface area contributed by atoms with Crippen LogP contribution in [-0.2, 0) is 0 Å². The Kier molecular flexibility index (Phi) is 4.49. The number of nitrogens with zero attached hydrogens (tertiary/aromatic N) is 2. The third-order valence-corrected chi connectivity index (χ3v) is 4.24. The monoisotopic (exact) mass is 296 g/mol. The van der Waals surface area contributed by atoms with E-state index < -0.39 is 6.10 Å². The molecule has 2 atom stereocenters. The van der Waals surface area contributed by atoms with Crippen molar-refractivity contribution in [2.24, 2.45) is 0 Å². The van der Waals surface area contributed by atoms with Crippen LogP contribution < -0.4 is 0 Å². The molecule has 22 heavy (non-hydrogen) atoms. The standard InChI is InChI=1S/C18H20N2O2/c21-17(14-5-2-1-3-6-14)13-16-7-4-12-20(16)18(22)15-8-10-19-11-9-15/h1-3,5-6,8-11,16-17,21H,4,7,12-13H2. The molecular weight excluding hydrogens is 276 g/mol. The van der Waals surface area contributed by atoms with Crippen LogP contribution in [0.4, 0.5) is 0 Å². The minimum atomic E-state index is -0.531. The molecule has 1 saturated heterocycles. The van der Waals surface area contributed by atoms with E-state index in [1.807, 2.05) is 35.2 Å². The SMILES string of the molecule is O=C(c1ccncc1)N1CCCC1CC(O)c1ccccc1. The lowest BCUT2D eigenvalue weighted by molar-refractivity contribution is 0.0667. The Balaban J connectivity index is 1.70. The molecule has 2 unspecified atom stereocenters. The largest absolute Gasteiger partial charge is 0.388 e. The summed E-state index contributed by atoms with van der Waals surface area (Å²) in [4.78, 5) is 18.4. The van der Waals surface area contributed by atoms with E-state index in [-0.39, 0.29) is 11.9 Å². The van der Waals surface area contributed by atoms with Crippen molar-refractivity contribution in [3.63, 3.8) is 0 Å². The van der Waals surface area contributed by atoms with Crippen LogP contribution in [0.25, 0.3) is 0 Å². The van der Waals surface area contributed by atoms with Crippen molar-refractivity contribution in [3.05, 3.63) is 66.0 Å². The highest BCUT2D eigenvalue weighted by Crippen LogP contribution is 2.28. The van der Waals surface area contributed by atoms with Crippen molar-refractivity contribution >= 4 is 5.91 Å². The van der Waals surface area contributed by atoms with Gasteiger partial charge in [0.15, 0.2) is 0 Å². The Labute approximate surface area is 130 Å². The summed E-state index contributed by atoms with van der Waals surface area (Å²) in [7, 11) is 0. The summed E-state index contributed by atoms with van der Waals surface area (Å²) >= 11 is 0. The van der Waals surface area contributed by atoms with Crippen LogP contribution >= 0.6 is 0 Å². The van der Waals surface area contributed by atoms with E-state index in [0.29, 0.717) is 12.0 Å². The van der Waals surface area contributed by atoms with Crippen LogP contribution in [0.3, 0.4) is 0 Å². The fraction of sp³-hybridized carbons (Fsp3) is 0.333. The molecule has 0 aliphatic carbocycles. The molecule has 2 heterocycles. The lowest BCUT2D eigenvalue weighted by Crippen LogP contribution is -2.36. The van der Waals surface area contributed by atoms with E-state index in [9.17, 15) is 9.90 Å². The van der Waals surface area contributed by atoms with Gasteiger partial charge in [-0.2, -0.15) is 0 Å². The van der Waals surface area contributed by atoms with Gasteiger partial charge in [-0.3, -0.25) is 9.78 Å². The van der Waals surface area contributed by atoms with Gasteiger partial charge in [-0.1, -0.05) is 30.3 Å². The van der Waals surface area contributed by atoms with E-state index in [0.717, 1.165) is 24.9 Å². The van der Waals surface area contributed by atoms with E-state index in [2.05, 4.69) is 4.98 Å². The average molecular weight is 296 g/mol. The number of benzene rings is 1. The minimum absolute atomic E-state index is 0.0326. The van der Waals surface area contributed by atoms with Crippen LogP contribution in [0.5, 0.6) is 0 Å². The fourth-order valence-corrected chi connectivity index (χ4v) is 3.08. The quantitative estimate of drug-likeness (QED) is 0.944. The van der Waals surface area contributed by atoms with Crippen LogP contribution in [0, 0.1) is 0 Å². The summed E-state index contributed by atoms with van der Waals surface area (Å²) in [5.41, 5.74) is 1.57. The van der Waals surface area contributed by atoms with Crippen molar-refractivity contribution in [3.8, 4) is 0 Å². The number of likely N-dealkylation sites (tertiary alicyclic amines) is 1. The first-order valence-corrected chi connectivity index (χ1v) is 7.69. The van der Waals surface area contributed by atoms with Gasteiger partial charge >= 0.3 is 0 Å². The molecule has 0 spiro atoms. The Bertz CT molecular complexity index is 615. The second kappa shape index (κ2) is 6.71. The highest BCUT2D eigenvalue weighted by atomic mass is 16.3. The lowest BCUT2D eigenvalue weighted by atomic mass is 10.0. The molecule has 1 amide bonds. The summed E-state index contributed by atoms with van der Waals surface area (Å²) in [6.07, 6.45) is 5.26. The van der Waals surface area contributed by atoms with Gasteiger partial charge in [0.05, 0.1) is 6.10 Å². The number of aliphatic hydroxyl groups excluding tert-OH is 1. The fourth-order valence-electron chi connectivity index (χ4n) is 3.08. The van der Waals surface area contributed by atoms with Crippen molar-refractivity contribution < 1.29 is 9.90 Å². The Morgan fingerprint density at radius 1 is 1.23 bits per heavy atom. The zero-order valence-corrected chi connectivity index (χ0v) is 12.4. The smallest absolute Gasteiger partial charge is 0.254 e. The highest BCUT2D eigenvalue weighted by molar-refractivity contribution is 5.94. The van der Waals surface area contributed by atoms with Crippen molar-refractivity contribution in [1.82, 2.24) is 9.88 Å². The van der Waals surface area contributed by atoms with Gasteiger partial charge in [0.1, 0.15) is 0 Å². The maximum Gasteiger partial charge on any atom is 0.254 e. The van der Waals surface area contributed by atoms with Crippen LogP contribution in [-0.4, -0.2) is 33.5 Å². The van der Waals surface area contributed by atoms with Crippen LogP contribution in [0.1, 0.15) is 41.3 Å². The number of amides is 1. The number of hydrogen-bond donors (Lipinski definition) is 1. The normalized spacial score (nSPS) is 19.1. The first-order valence-electron chi connectivity index (χ1n) is 7.69. The maximum absolute atomic E-state index is 12.6. The van der Waals surface area contributed by atoms with Gasteiger partial charge in [-0.15, -0.1) is 0 Å². The van der Waals surface area contributed by atoms with Gasteiger partial charge in [0, 0.05) is 30.5 Å². The first kappa shape index (κ1) is 14.7. The van der Waals surface area contributed by atoms with Gasteiger partial charge in [0.25, 0.3) is 5.91 Å². The molecule has 1 aliphatic heterocycles. The zero-order chi connectivity index (χ0) is 15.4. The van der Waals surface area contributed by atoms with E-state index in [1.54, 1.807) is 24.5 Å². The number of pyridine rings is 1. The number of aliphatic hydroxyl groups is 1. The molecule has 4 nitrogen and oxygen atoms in total. The van der Waals surface area contributed by atoms with Gasteiger partial charge in [-0.05, 0) is 37.0 Å². The topological polar surface area (TPSA) is 53.4 Å². The second-order valence-electron chi connectivity index (χ2n) is 5.69. The number of rotatable bonds is 4. The first-order chi connectivity index (χ1) is 10.8. The second-order valence-corrected chi connectivity index (χ2v) is 5.69. The molecular formula is C18H20N2O2. The molecule has 1 aromatic heterocycles. The molecule has 114 valence electrons. The van der Waals surface area contributed by atoms with Crippen molar-refractivity contribution in [1.29, 1.82) is 0 Å². The van der Waals surface area contributed by atoms with E-state index in [1.165, 1.54) is 0 Å². The molecule has 1 aliphatic rings. The molecule has 4 heteroatoms. The molecule has 0 bridgehead atoms. The number of carbonyl (C=O) groups excluding carboxylic acids is 1. The summed E-state index contributed by atoms with van der Waals surface area (Å²) in [5, 5.41) is 10.4. The average Bonchev–Trinajstić information content (AvgIpc) is 3.04. The minimum Gasteiger partial charge on any atom is -0.388 e. The van der Waals surface area contributed by atoms with Gasteiger partial charge in [0.2, 0.25) is 0 Å². The number of hydrogen-bond acceptors (Lipinski definition) is 3. The molecule has 0 radical (unpaired) electrons. The Morgan fingerprint density at radius 2 is 1.95 bits per heavy atom. The summed E-state index contributed by atoms with van der Waals surface area (Å²) in [5.74, 6) is 0.0326. The van der Waals surface area contributed by atoms with Crippen molar-refractivity contribution in [2.75, 3.05) is 6.54 Å². The summed E-state index contributed by atoms with van der Waals surface area (Å²) in [6.45, 7) is 0.757. The zero-order valence-electron chi connectivity index (χ0n) is 12.4. The number of aromatic nitrogens is 1. The third-order valence-electron chi connectivity index (χ3n) is 4.24. The van der Waals surface area contributed by atoms with Gasteiger partial charge < -0.3 is 10.0 Å². The van der Waals surface area contributed by atoms with Gasteiger partial charge in [-0.25, -0.2) is 0 Å². The molecule has 3 rings (SSSR count). The Morgan fingerprint density at radius 3 is 2.68 bits per heavy atom. The lowest BCUT2D eigenvalue weighted by Gasteiger charge is -2.26. The third kappa shape index (κ3) is 3.17.